The third kappa shape index (κ3) is 75.3. The topological polar surface area (TPSA) is 46.2 Å². The van der Waals surface area contributed by atoms with Crippen molar-refractivity contribution in [1.82, 2.24) is 0 Å². The zero-order valence-electron chi connectivity index (χ0n) is 6.72. The van der Waals surface area contributed by atoms with Crippen LogP contribution < -0.4 is 5.73 Å². The van der Waals surface area contributed by atoms with E-state index in [0.717, 1.165) is 0 Å². The van der Waals surface area contributed by atoms with E-state index in [2.05, 4.69) is 19.6 Å². The first kappa shape index (κ1) is 11.7. The van der Waals surface area contributed by atoms with Crippen LogP contribution in [0.1, 0.15) is 40.0 Å². The Morgan fingerprint density at radius 1 is 1.33 bits per heavy atom. The monoisotopic (exact) mass is 133 g/mol. The number of nitrogens with two attached hydrogens (primary N) is 1. The van der Waals surface area contributed by atoms with Crippen molar-refractivity contribution in [2.75, 3.05) is 0 Å². The van der Waals surface area contributed by atoms with Crippen LogP contribution in [0.3, 0.4) is 0 Å². The van der Waals surface area contributed by atoms with Crippen LogP contribution in [0.4, 0.5) is 0 Å². The van der Waals surface area contributed by atoms with Crippen LogP contribution in [0.5, 0.6) is 0 Å². The van der Waals surface area contributed by atoms with Crippen LogP contribution in [-0.2, 0) is 0 Å². The lowest BCUT2D eigenvalue weighted by molar-refractivity contribution is 0.203. The average Bonchev–Trinajstić information content (AvgIpc) is 1.66. The van der Waals surface area contributed by atoms with Crippen molar-refractivity contribution in [3.8, 4) is 0 Å². The van der Waals surface area contributed by atoms with Crippen LogP contribution in [0.25, 0.3) is 0 Å². The summed E-state index contributed by atoms with van der Waals surface area (Å²) in [4.78, 5) is 0. The van der Waals surface area contributed by atoms with E-state index < -0.39 is 6.23 Å². The molecule has 1 atom stereocenters. The first-order chi connectivity index (χ1) is 4.15. The highest BCUT2D eigenvalue weighted by Crippen LogP contribution is 1.88. The van der Waals surface area contributed by atoms with Crippen LogP contribution in [0.15, 0.2) is 0 Å². The number of hydrogen-bond acceptors (Lipinski definition) is 2. The van der Waals surface area contributed by atoms with Crippen molar-refractivity contribution >= 4 is 0 Å². The van der Waals surface area contributed by atoms with Gasteiger partial charge in [-0.2, -0.15) is 0 Å². The molecule has 0 aromatic rings. The first-order valence-electron chi connectivity index (χ1n) is 3.58. The summed E-state index contributed by atoms with van der Waals surface area (Å²) in [5, 5.41) is 7.83. The minimum absolute atomic E-state index is 0.667. The second-order valence-corrected chi connectivity index (χ2v) is 2.09. The highest BCUT2D eigenvalue weighted by molar-refractivity contribution is 4.24. The summed E-state index contributed by atoms with van der Waals surface area (Å²) in [5.74, 6) is 0. The highest BCUT2D eigenvalue weighted by Gasteiger charge is 1.68. The summed E-state index contributed by atoms with van der Waals surface area (Å²) in [6.45, 7) is 5.92. The van der Waals surface area contributed by atoms with Crippen molar-refractivity contribution < 1.29 is 5.11 Å². The first-order valence-corrected chi connectivity index (χ1v) is 3.58. The number of unbranched alkanes of at least 4 members (excludes halogenated alkanes) is 2. The maximum atomic E-state index is 7.83. The van der Waals surface area contributed by atoms with Gasteiger partial charge in [-0.15, -0.1) is 0 Å². The molecule has 0 heterocycles. The molecule has 0 aliphatic heterocycles. The van der Waals surface area contributed by atoms with Crippen molar-refractivity contribution in [1.29, 1.82) is 0 Å². The molecule has 0 radical (unpaired) electrons. The molecule has 1 unspecified atom stereocenters. The van der Waals surface area contributed by atoms with Gasteiger partial charge in [0.25, 0.3) is 0 Å². The number of rotatable bonds is 2. The van der Waals surface area contributed by atoms with Crippen molar-refractivity contribution in [2.45, 2.75) is 46.3 Å². The van der Waals surface area contributed by atoms with Gasteiger partial charge in [-0.1, -0.05) is 33.1 Å². The van der Waals surface area contributed by atoms with Gasteiger partial charge < -0.3 is 10.8 Å². The van der Waals surface area contributed by atoms with Crippen LogP contribution in [-0.4, -0.2) is 11.3 Å². The molecule has 0 amide bonds. The summed E-state index contributed by atoms with van der Waals surface area (Å²) >= 11 is 0. The molecular formula is C7H19NO. The summed E-state index contributed by atoms with van der Waals surface area (Å²) < 4.78 is 0. The van der Waals surface area contributed by atoms with Crippen LogP contribution >= 0.6 is 0 Å². The smallest absolute Gasteiger partial charge is 0.0991 e. The SMILES string of the molecule is CC(N)O.CCCCC. The summed E-state index contributed by atoms with van der Waals surface area (Å²) in [6.07, 6.45) is 3.41. The van der Waals surface area contributed by atoms with E-state index in [4.69, 9.17) is 5.11 Å². The summed E-state index contributed by atoms with van der Waals surface area (Å²) in [5.41, 5.74) is 4.67. The summed E-state index contributed by atoms with van der Waals surface area (Å²) in [7, 11) is 0. The molecule has 0 spiro atoms. The Bertz CT molecular complexity index is 33.1. The normalized spacial score (nSPS) is 11.7. The Morgan fingerprint density at radius 2 is 1.56 bits per heavy atom. The van der Waals surface area contributed by atoms with Crippen LogP contribution in [0, 0.1) is 0 Å². The molecule has 2 heteroatoms. The Labute approximate surface area is 58.1 Å². The Balaban J connectivity index is 0. The van der Waals surface area contributed by atoms with Gasteiger partial charge in [0.15, 0.2) is 0 Å². The molecule has 2 nitrogen and oxygen atoms in total. The molecule has 0 aromatic carbocycles. The van der Waals surface area contributed by atoms with E-state index in [-0.39, 0.29) is 0 Å². The third-order valence-electron chi connectivity index (χ3n) is 0.707. The molecule has 0 aromatic heterocycles. The molecule has 9 heavy (non-hydrogen) atoms. The molecular weight excluding hydrogens is 114 g/mol. The molecule has 58 valence electrons. The van der Waals surface area contributed by atoms with Crippen LogP contribution in [0.2, 0.25) is 0 Å². The quantitative estimate of drug-likeness (QED) is 0.560. The van der Waals surface area contributed by atoms with Gasteiger partial charge in [0.1, 0.15) is 0 Å². The molecule has 0 aliphatic carbocycles. The van der Waals surface area contributed by atoms with Gasteiger partial charge in [-0.3, -0.25) is 0 Å². The lowest BCUT2D eigenvalue weighted by Crippen LogP contribution is -2.11. The second kappa shape index (κ2) is 10.8. The maximum absolute atomic E-state index is 7.83. The molecule has 0 rings (SSSR count). The predicted molar refractivity (Wildman–Crippen MR) is 41.1 cm³/mol. The number of hydrogen-bond donors (Lipinski definition) is 2. The maximum Gasteiger partial charge on any atom is 0.0991 e. The van der Waals surface area contributed by atoms with E-state index in [0.29, 0.717) is 0 Å². The standard InChI is InChI=1S/C5H12.C2H7NO/c1-3-5-4-2;1-2(3)4/h3-5H2,1-2H3;2,4H,3H2,1H3. The minimum Gasteiger partial charge on any atom is -0.379 e. The second-order valence-electron chi connectivity index (χ2n) is 2.09. The van der Waals surface area contributed by atoms with Gasteiger partial charge >= 0.3 is 0 Å². The fourth-order valence-corrected chi connectivity index (χ4v) is 0.354. The van der Waals surface area contributed by atoms with Crippen molar-refractivity contribution in [2.24, 2.45) is 5.73 Å². The predicted octanol–water partition coefficient (Wildman–Crippen LogP) is 1.48. The average molecular weight is 133 g/mol. The van der Waals surface area contributed by atoms with E-state index >= 15 is 0 Å². The Morgan fingerprint density at radius 3 is 1.56 bits per heavy atom. The fraction of sp³-hybridized carbons (Fsp3) is 1.00. The van der Waals surface area contributed by atoms with Gasteiger partial charge in [-0.25, -0.2) is 0 Å². The molecule has 0 saturated carbocycles. The van der Waals surface area contributed by atoms with E-state index in [1.165, 1.54) is 26.2 Å². The van der Waals surface area contributed by atoms with Crippen molar-refractivity contribution in [3.63, 3.8) is 0 Å². The lowest BCUT2D eigenvalue weighted by Gasteiger charge is -1.82. The van der Waals surface area contributed by atoms with Gasteiger partial charge in [-0.05, 0) is 6.92 Å². The van der Waals surface area contributed by atoms with Gasteiger partial charge in [0.05, 0.1) is 6.23 Å². The van der Waals surface area contributed by atoms with E-state index in [1.807, 2.05) is 0 Å². The largest absolute Gasteiger partial charge is 0.379 e. The van der Waals surface area contributed by atoms with Gasteiger partial charge in [0.2, 0.25) is 0 Å². The fourth-order valence-electron chi connectivity index (χ4n) is 0.354. The Kier molecular flexibility index (Phi) is 14.0. The van der Waals surface area contributed by atoms with Crippen molar-refractivity contribution in [3.05, 3.63) is 0 Å². The summed E-state index contributed by atoms with van der Waals surface area (Å²) in [6, 6.07) is 0. The molecule has 0 fully saturated rings. The zero-order valence-corrected chi connectivity index (χ0v) is 6.72. The molecule has 0 bridgehead atoms. The minimum atomic E-state index is -0.667. The number of aliphatic hydroxyl groups excluding tert-OH is 1. The van der Waals surface area contributed by atoms with Gasteiger partial charge in [0, 0.05) is 0 Å². The van der Waals surface area contributed by atoms with E-state index in [9.17, 15) is 0 Å². The molecule has 0 aliphatic rings. The molecule has 3 N–H and O–H groups in total. The van der Waals surface area contributed by atoms with E-state index in [1.54, 1.807) is 0 Å². The molecule has 0 saturated heterocycles. The third-order valence-corrected chi connectivity index (χ3v) is 0.707. The number of aliphatic hydroxyl groups is 1. The zero-order chi connectivity index (χ0) is 7.70. The Hall–Kier alpha value is -0.0800. The lowest BCUT2D eigenvalue weighted by atomic mass is 10.3. The highest BCUT2D eigenvalue weighted by atomic mass is 16.3.